The van der Waals surface area contributed by atoms with Crippen molar-refractivity contribution in [3.05, 3.63) is 65.5 Å². The molecule has 3 N–H and O–H groups in total. The van der Waals surface area contributed by atoms with Gasteiger partial charge in [0.05, 0.1) is 5.41 Å². The summed E-state index contributed by atoms with van der Waals surface area (Å²) in [5.74, 6) is -0.117. The van der Waals surface area contributed by atoms with E-state index in [9.17, 15) is 14.0 Å². The van der Waals surface area contributed by atoms with Crippen molar-refractivity contribution >= 4 is 17.5 Å². The molecule has 1 aliphatic heterocycles. The molecule has 6 heteroatoms. The Kier molecular flexibility index (Phi) is 5.62. The lowest BCUT2D eigenvalue weighted by Gasteiger charge is -2.37. The summed E-state index contributed by atoms with van der Waals surface area (Å²) in [5.41, 5.74) is 1.68. The second-order valence-corrected chi connectivity index (χ2v) is 8.07. The second kappa shape index (κ2) is 8.33. The van der Waals surface area contributed by atoms with Gasteiger partial charge in [0, 0.05) is 24.3 Å². The highest BCUT2D eigenvalue weighted by Gasteiger charge is 2.49. The van der Waals surface area contributed by atoms with Crippen LogP contribution in [-0.4, -0.2) is 24.9 Å². The number of hydrogen-bond acceptors (Lipinski definition) is 3. The molecular formula is C23H26FN3O2. The second-order valence-electron chi connectivity index (χ2n) is 8.07. The van der Waals surface area contributed by atoms with Crippen molar-refractivity contribution in [1.29, 1.82) is 0 Å². The molecule has 0 aromatic heterocycles. The Bertz CT molecular complexity index is 899. The summed E-state index contributed by atoms with van der Waals surface area (Å²) in [6, 6.07) is 12.8. The maximum Gasteiger partial charge on any atom is 0.255 e. The number of nitrogens with one attached hydrogen (secondary N) is 3. The first-order valence-electron chi connectivity index (χ1n) is 10.2. The lowest BCUT2D eigenvalue weighted by Crippen LogP contribution is -2.47. The summed E-state index contributed by atoms with van der Waals surface area (Å²) < 4.78 is 13.0. The Morgan fingerprint density at radius 1 is 1.14 bits per heavy atom. The van der Waals surface area contributed by atoms with Crippen LogP contribution in [0.2, 0.25) is 0 Å². The zero-order chi connectivity index (χ0) is 20.3. The minimum absolute atomic E-state index is 0.132. The van der Waals surface area contributed by atoms with Crippen LogP contribution in [0.15, 0.2) is 48.5 Å². The molecule has 1 saturated heterocycles. The molecule has 1 aliphatic carbocycles. The van der Waals surface area contributed by atoms with E-state index in [-0.39, 0.29) is 23.0 Å². The summed E-state index contributed by atoms with van der Waals surface area (Å²) >= 11 is 0. The van der Waals surface area contributed by atoms with Gasteiger partial charge in [-0.1, -0.05) is 25.0 Å². The van der Waals surface area contributed by atoms with Crippen LogP contribution < -0.4 is 16.0 Å². The Labute approximate surface area is 170 Å². The molecule has 0 radical (unpaired) electrons. The molecule has 5 nitrogen and oxygen atoms in total. The first-order valence-corrected chi connectivity index (χ1v) is 10.2. The van der Waals surface area contributed by atoms with Crippen molar-refractivity contribution in [3.63, 3.8) is 0 Å². The van der Waals surface area contributed by atoms with Gasteiger partial charge >= 0.3 is 0 Å². The number of halogens is 1. The molecule has 4 rings (SSSR count). The lowest BCUT2D eigenvalue weighted by atomic mass is 9.67. The van der Waals surface area contributed by atoms with Crippen LogP contribution >= 0.6 is 0 Å². The third-order valence-electron chi connectivity index (χ3n) is 6.23. The Balaban J connectivity index is 1.38. The fourth-order valence-corrected chi connectivity index (χ4v) is 4.61. The van der Waals surface area contributed by atoms with E-state index in [1.54, 1.807) is 6.07 Å². The van der Waals surface area contributed by atoms with Crippen LogP contribution in [0.25, 0.3) is 0 Å². The number of benzene rings is 2. The highest BCUT2D eigenvalue weighted by Crippen LogP contribution is 2.43. The maximum absolute atomic E-state index is 13.0. The summed E-state index contributed by atoms with van der Waals surface area (Å²) in [6.45, 7) is 2.11. The molecule has 2 aromatic carbocycles. The molecule has 152 valence electrons. The van der Waals surface area contributed by atoms with Gasteiger partial charge in [0.1, 0.15) is 5.82 Å². The summed E-state index contributed by atoms with van der Waals surface area (Å²) in [6.07, 6.45) is 4.38. The van der Waals surface area contributed by atoms with Crippen LogP contribution in [-0.2, 0) is 11.3 Å². The summed E-state index contributed by atoms with van der Waals surface area (Å²) in [5, 5.41) is 9.34. The molecule has 2 aromatic rings. The molecule has 2 fully saturated rings. The van der Waals surface area contributed by atoms with Crippen LogP contribution in [0, 0.1) is 17.2 Å². The van der Waals surface area contributed by atoms with Gasteiger partial charge in [-0.15, -0.1) is 0 Å². The smallest absolute Gasteiger partial charge is 0.255 e. The number of carbonyl (C=O) groups excluding carboxylic acids is 2. The van der Waals surface area contributed by atoms with Crippen LogP contribution in [0.1, 0.15) is 41.6 Å². The number of hydrogen-bond donors (Lipinski definition) is 3. The predicted octanol–water partition coefficient (Wildman–Crippen LogP) is 3.47. The van der Waals surface area contributed by atoms with Gasteiger partial charge in [0.25, 0.3) is 5.91 Å². The average Bonchev–Trinajstić information content (AvgIpc) is 3.18. The number of fused-ring (bicyclic) bond motifs is 1. The number of anilines is 1. The molecule has 1 saturated carbocycles. The quantitative estimate of drug-likeness (QED) is 0.726. The standard InChI is InChI=1S/C23H26FN3O2/c24-19-9-7-17(8-10-19)21(28)27-20-6-3-4-16(12-20)13-26-22(29)23-11-2-1-5-18(23)14-25-15-23/h3-4,6-10,12,18,25H,1-2,5,11,13-15H2,(H,26,29)(H,27,28)/t18-,23+/m0/s1. The molecule has 0 unspecified atom stereocenters. The van der Waals surface area contributed by atoms with Gasteiger partial charge in [-0.25, -0.2) is 4.39 Å². The van der Waals surface area contributed by atoms with Gasteiger partial charge in [-0.3, -0.25) is 9.59 Å². The van der Waals surface area contributed by atoms with Crippen LogP contribution in [0.5, 0.6) is 0 Å². The fourth-order valence-electron chi connectivity index (χ4n) is 4.61. The molecule has 2 aliphatic rings. The van der Waals surface area contributed by atoms with E-state index in [1.807, 2.05) is 18.2 Å². The first-order chi connectivity index (χ1) is 14.1. The largest absolute Gasteiger partial charge is 0.351 e. The topological polar surface area (TPSA) is 70.2 Å². The van der Waals surface area contributed by atoms with E-state index in [4.69, 9.17) is 0 Å². The van der Waals surface area contributed by atoms with E-state index in [0.717, 1.165) is 37.9 Å². The Morgan fingerprint density at radius 2 is 1.97 bits per heavy atom. The average molecular weight is 395 g/mol. The molecule has 0 spiro atoms. The minimum atomic E-state index is -0.378. The Hall–Kier alpha value is -2.73. The van der Waals surface area contributed by atoms with Crippen molar-refractivity contribution in [1.82, 2.24) is 10.6 Å². The number of rotatable bonds is 5. The van der Waals surface area contributed by atoms with Gasteiger partial charge in [-0.2, -0.15) is 0 Å². The van der Waals surface area contributed by atoms with Crippen molar-refractivity contribution in [2.45, 2.75) is 32.2 Å². The van der Waals surface area contributed by atoms with Crippen molar-refractivity contribution in [2.75, 3.05) is 18.4 Å². The molecular weight excluding hydrogens is 369 g/mol. The maximum atomic E-state index is 13.0. The minimum Gasteiger partial charge on any atom is -0.351 e. The van der Waals surface area contributed by atoms with Crippen molar-refractivity contribution < 1.29 is 14.0 Å². The zero-order valence-electron chi connectivity index (χ0n) is 16.3. The van der Waals surface area contributed by atoms with E-state index >= 15 is 0 Å². The van der Waals surface area contributed by atoms with Gasteiger partial charge < -0.3 is 16.0 Å². The molecule has 2 atom stereocenters. The van der Waals surface area contributed by atoms with E-state index in [2.05, 4.69) is 16.0 Å². The third kappa shape index (κ3) is 4.17. The highest BCUT2D eigenvalue weighted by atomic mass is 19.1. The van der Waals surface area contributed by atoms with E-state index < -0.39 is 0 Å². The highest BCUT2D eigenvalue weighted by molar-refractivity contribution is 6.04. The summed E-state index contributed by atoms with van der Waals surface area (Å²) in [4.78, 5) is 25.3. The fraction of sp³-hybridized carbons (Fsp3) is 0.391. The zero-order valence-corrected chi connectivity index (χ0v) is 16.3. The van der Waals surface area contributed by atoms with E-state index in [0.29, 0.717) is 23.7 Å². The number of carbonyl (C=O) groups is 2. The van der Waals surface area contributed by atoms with Crippen LogP contribution in [0.3, 0.4) is 0 Å². The monoisotopic (exact) mass is 395 g/mol. The lowest BCUT2D eigenvalue weighted by molar-refractivity contribution is -0.134. The SMILES string of the molecule is O=C(Nc1cccc(CNC(=O)[C@@]23CCCC[C@H]2CNC3)c1)c1ccc(F)cc1. The van der Waals surface area contributed by atoms with E-state index in [1.165, 1.54) is 30.7 Å². The number of amides is 2. The van der Waals surface area contributed by atoms with Crippen molar-refractivity contribution in [2.24, 2.45) is 11.3 Å². The van der Waals surface area contributed by atoms with Crippen molar-refractivity contribution in [3.8, 4) is 0 Å². The third-order valence-corrected chi connectivity index (χ3v) is 6.23. The van der Waals surface area contributed by atoms with Gasteiger partial charge in [0.15, 0.2) is 0 Å². The molecule has 1 heterocycles. The first kappa shape index (κ1) is 19.6. The molecule has 0 bridgehead atoms. The normalized spacial score (nSPS) is 23.3. The predicted molar refractivity (Wildman–Crippen MR) is 110 cm³/mol. The summed E-state index contributed by atoms with van der Waals surface area (Å²) in [7, 11) is 0. The van der Waals surface area contributed by atoms with Crippen LogP contribution in [0.4, 0.5) is 10.1 Å². The molecule has 2 amide bonds. The van der Waals surface area contributed by atoms with Gasteiger partial charge in [0.2, 0.25) is 5.91 Å². The van der Waals surface area contributed by atoms with Gasteiger partial charge in [-0.05, 0) is 67.3 Å². The molecule has 29 heavy (non-hydrogen) atoms. The Morgan fingerprint density at radius 3 is 2.79 bits per heavy atom.